The van der Waals surface area contributed by atoms with E-state index in [0.717, 1.165) is 17.9 Å². The van der Waals surface area contributed by atoms with Crippen LogP contribution in [0.25, 0.3) is 0 Å². The second-order valence-electron chi connectivity index (χ2n) is 4.87. The lowest BCUT2D eigenvalue weighted by molar-refractivity contribution is 0.259. The highest BCUT2D eigenvalue weighted by molar-refractivity contribution is 6.02. The standard InChI is InChI=1S/C16H16FN3O/c1-2-14-16(19-12-6-3-10(17)4-7-12)20-13-9-11(18)5-8-15(13)21-14/h3-9,14H,2,18H2,1H3,(H,19,20). The van der Waals surface area contributed by atoms with Gasteiger partial charge in [0.05, 0.1) is 0 Å². The van der Waals surface area contributed by atoms with Gasteiger partial charge in [-0.05, 0) is 48.9 Å². The molecule has 0 saturated heterocycles. The first-order chi connectivity index (χ1) is 10.2. The molecule has 2 aromatic carbocycles. The third kappa shape index (κ3) is 2.81. The monoisotopic (exact) mass is 285 g/mol. The smallest absolute Gasteiger partial charge is 0.156 e. The summed E-state index contributed by atoms with van der Waals surface area (Å²) in [5.41, 5.74) is 7.88. The van der Waals surface area contributed by atoms with E-state index in [9.17, 15) is 4.39 Å². The van der Waals surface area contributed by atoms with Crippen molar-refractivity contribution in [1.82, 2.24) is 0 Å². The molecule has 0 fully saturated rings. The van der Waals surface area contributed by atoms with E-state index in [4.69, 9.17) is 10.5 Å². The molecule has 0 spiro atoms. The van der Waals surface area contributed by atoms with Gasteiger partial charge in [-0.25, -0.2) is 9.38 Å². The molecule has 3 N–H and O–H groups in total. The number of ether oxygens (including phenoxy) is 1. The van der Waals surface area contributed by atoms with Gasteiger partial charge in [0.2, 0.25) is 0 Å². The summed E-state index contributed by atoms with van der Waals surface area (Å²) >= 11 is 0. The Bertz CT molecular complexity index is 682. The maximum Gasteiger partial charge on any atom is 0.156 e. The van der Waals surface area contributed by atoms with Crippen molar-refractivity contribution in [1.29, 1.82) is 0 Å². The molecule has 4 nitrogen and oxygen atoms in total. The highest BCUT2D eigenvalue weighted by Crippen LogP contribution is 2.35. The van der Waals surface area contributed by atoms with Crippen LogP contribution in [0.4, 0.5) is 21.5 Å². The number of hydrogen-bond acceptors (Lipinski definition) is 4. The van der Waals surface area contributed by atoms with Crippen LogP contribution >= 0.6 is 0 Å². The maximum atomic E-state index is 13.0. The van der Waals surface area contributed by atoms with Crippen LogP contribution in [0.2, 0.25) is 0 Å². The van der Waals surface area contributed by atoms with Crippen molar-refractivity contribution in [2.45, 2.75) is 19.4 Å². The minimum Gasteiger partial charge on any atom is -0.480 e. The van der Waals surface area contributed by atoms with E-state index in [1.54, 1.807) is 24.3 Å². The molecule has 0 saturated carbocycles. The first-order valence-electron chi connectivity index (χ1n) is 6.83. The molecule has 0 amide bonds. The van der Waals surface area contributed by atoms with Gasteiger partial charge in [-0.15, -0.1) is 0 Å². The van der Waals surface area contributed by atoms with Crippen LogP contribution in [0.15, 0.2) is 47.5 Å². The SMILES string of the molecule is CCC1Oc2ccc(N)cc2N=C1Nc1ccc(F)cc1. The van der Waals surface area contributed by atoms with E-state index in [-0.39, 0.29) is 11.9 Å². The highest BCUT2D eigenvalue weighted by atomic mass is 19.1. The lowest BCUT2D eigenvalue weighted by Gasteiger charge is -2.26. The van der Waals surface area contributed by atoms with Gasteiger partial charge in [0, 0.05) is 11.4 Å². The number of nitrogen functional groups attached to an aromatic ring is 1. The van der Waals surface area contributed by atoms with E-state index < -0.39 is 0 Å². The predicted octanol–water partition coefficient (Wildman–Crippen LogP) is 3.72. The van der Waals surface area contributed by atoms with Gasteiger partial charge in [-0.3, -0.25) is 0 Å². The largest absolute Gasteiger partial charge is 0.480 e. The Balaban J connectivity index is 1.92. The minimum atomic E-state index is -0.271. The van der Waals surface area contributed by atoms with Crippen molar-refractivity contribution in [2.24, 2.45) is 4.99 Å². The Morgan fingerprint density at radius 1 is 1.24 bits per heavy atom. The van der Waals surface area contributed by atoms with E-state index >= 15 is 0 Å². The fourth-order valence-electron chi connectivity index (χ4n) is 2.20. The fourth-order valence-corrected chi connectivity index (χ4v) is 2.20. The minimum absolute atomic E-state index is 0.161. The number of nitrogens with one attached hydrogen (secondary N) is 1. The van der Waals surface area contributed by atoms with E-state index in [1.807, 2.05) is 13.0 Å². The lowest BCUT2D eigenvalue weighted by atomic mass is 10.1. The molecule has 1 aliphatic rings. The van der Waals surface area contributed by atoms with Crippen molar-refractivity contribution in [3.05, 3.63) is 48.3 Å². The zero-order valence-corrected chi connectivity index (χ0v) is 11.6. The number of fused-ring (bicyclic) bond motifs is 1. The van der Waals surface area contributed by atoms with Crippen LogP contribution < -0.4 is 15.8 Å². The molecule has 5 heteroatoms. The number of benzene rings is 2. The molecular weight excluding hydrogens is 269 g/mol. The van der Waals surface area contributed by atoms with Crippen molar-refractivity contribution in [3.63, 3.8) is 0 Å². The topological polar surface area (TPSA) is 59.6 Å². The average molecular weight is 285 g/mol. The molecule has 1 atom stereocenters. The molecule has 0 radical (unpaired) electrons. The Morgan fingerprint density at radius 2 is 2.00 bits per heavy atom. The number of hydrogen-bond donors (Lipinski definition) is 2. The molecule has 1 heterocycles. The molecule has 3 rings (SSSR count). The van der Waals surface area contributed by atoms with Gasteiger partial charge < -0.3 is 15.8 Å². The molecular formula is C16H16FN3O. The number of amidine groups is 1. The second-order valence-corrected chi connectivity index (χ2v) is 4.87. The molecule has 108 valence electrons. The Hall–Kier alpha value is -2.56. The number of nitrogens with zero attached hydrogens (tertiary/aromatic N) is 1. The van der Waals surface area contributed by atoms with Gasteiger partial charge in [-0.2, -0.15) is 0 Å². The maximum absolute atomic E-state index is 13.0. The molecule has 1 aliphatic heterocycles. The van der Waals surface area contributed by atoms with Crippen LogP contribution in [-0.2, 0) is 0 Å². The fraction of sp³-hybridized carbons (Fsp3) is 0.188. The molecule has 21 heavy (non-hydrogen) atoms. The summed E-state index contributed by atoms with van der Waals surface area (Å²) in [5.74, 6) is 1.15. The van der Waals surface area contributed by atoms with Gasteiger partial charge in [0.25, 0.3) is 0 Å². The van der Waals surface area contributed by atoms with E-state index in [1.165, 1.54) is 12.1 Å². The predicted molar refractivity (Wildman–Crippen MR) is 82.7 cm³/mol. The zero-order valence-electron chi connectivity index (χ0n) is 11.6. The summed E-state index contributed by atoms with van der Waals surface area (Å²) < 4.78 is 18.9. The number of halogens is 1. The van der Waals surface area contributed by atoms with Crippen molar-refractivity contribution in [3.8, 4) is 5.75 Å². The third-order valence-corrected chi connectivity index (χ3v) is 3.29. The third-order valence-electron chi connectivity index (χ3n) is 3.29. The molecule has 1 unspecified atom stereocenters. The van der Waals surface area contributed by atoms with E-state index in [0.29, 0.717) is 17.2 Å². The Labute approximate surface area is 122 Å². The van der Waals surface area contributed by atoms with Crippen molar-refractivity contribution >= 4 is 22.9 Å². The van der Waals surface area contributed by atoms with Gasteiger partial charge >= 0.3 is 0 Å². The highest BCUT2D eigenvalue weighted by Gasteiger charge is 2.23. The summed E-state index contributed by atoms with van der Waals surface area (Å²) in [6.45, 7) is 2.02. The Kier molecular flexibility index (Phi) is 3.48. The number of anilines is 2. The lowest BCUT2D eigenvalue weighted by Crippen LogP contribution is -2.34. The van der Waals surface area contributed by atoms with Crippen LogP contribution in [-0.4, -0.2) is 11.9 Å². The van der Waals surface area contributed by atoms with E-state index in [2.05, 4.69) is 10.3 Å². The van der Waals surface area contributed by atoms with Crippen LogP contribution in [0, 0.1) is 5.82 Å². The van der Waals surface area contributed by atoms with Crippen LogP contribution in [0.3, 0.4) is 0 Å². The molecule has 0 bridgehead atoms. The first-order valence-corrected chi connectivity index (χ1v) is 6.83. The Morgan fingerprint density at radius 3 is 2.71 bits per heavy atom. The summed E-state index contributed by atoms with van der Waals surface area (Å²) in [4.78, 5) is 4.58. The quantitative estimate of drug-likeness (QED) is 0.827. The summed E-state index contributed by atoms with van der Waals surface area (Å²) in [7, 11) is 0. The van der Waals surface area contributed by atoms with Crippen molar-refractivity contribution in [2.75, 3.05) is 11.1 Å². The molecule has 0 aliphatic carbocycles. The average Bonchev–Trinajstić information content (AvgIpc) is 2.49. The summed E-state index contributed by atoms with van der Waals surface area (Å²) in [5, 5.41) is 3.19. The number of aliphatic imine (C=N–C) groups is 1. The van der Waals surface area contributed by atoms with Gasteiger partial charge in [-0.1, -0.05) is 6.92 Å². The van der Waals surface area contributed by atoms with Crippen LogP contribution in [0.5, 0.6) is 5.75 Å². The number of rotatable bonds is 2. The van der Waals surface area contributed by atoms with Crippen LogP contribution in [0.1, 0.15) is 13.3 Å². The molecule has 2 aromatic rings. The summed E-state index contributed by atoms with van der Waals surface area (Å²) in [6, 6.07) is 11.5. The zero-order chi connectivity index (χ0) is 14.8. The van der Waals surface area contributed by atoms with Crippen molar-refractivity contribution < 1.29 is 9.13 Å². The normalized spacial score (nSPS) is 16.7. The van der Waals surface area contributed by atoms with Gasteiger partial charge in [0.1, 0.15) is 23.1 Å². The second kappa shape index (κ2) is 5.44. The van der Waals surface area contributed by atoms with Gasteiger partial charge in [0.15, 0.2) is 6.10 Å². The first kappa shape index (κ1) is 13.4. The summed E-state index contributed by atoms with van der Waals surface area (Å²) in [6.07, 6.45) is 0.614. The molecule has 0 aromatic heterocycles. The number of nitrogens with two attached hydrogens (primary N) is 1.